The Morgan fingerprint density at radius 3 is 2.52 bits per heavy atom. The van der Waals surface area contributed by atoms with Crippen molar-refractivity contribution in [2.24, 2.45) is 5.73 Å². The van der Waals surface area contributed by atoms with E-state index < -0.39 is 45.2 Å². The predicted octanol–water partition coefficient (Wildman–Crippen LogP) is 3.10. The molecule has 1 aliphatic rings. The summed E-state index contributed by atoms with van der Waals surface area (Å²) in [6.07, 6.45) is -1.12. The van der Waals surface area contributed by atoms with Gasteiger partial charge in [0, 0.05) is 10.6 Å². The number of aryl methyl sites for hydroxylation is 1. The van der Waals surface area contributed by atoms with Gasteiger partial charge in [-0.1, -0.05) is 35.9 Å². The molecule has 9 heteroatoms. The number of ketones is 1. The highest BCUT2D eigenvalue weighted by Crippen LogP contribution is 2.33. The van der Waals surface area contributed by atoms with Gasteiger partial charge < -0.3 is 14.7 Å². The SMILES string of the molecule is Cc1ccc(CS(=O)(=O)OC2=C(N)OC(c3ccc(Cl)cc3)C2=O)cc1F. The Balaban J connectivity index is 1.77. The van der Waals surface area contributed by atoms with Gasteiger partial charge in [0.05, 0.1) is 0 Å². The van der Waals surface area contributed by atoms with Gasteiger partial charge in [-0.3, -0.25) is 4.79 Å². The number of ether oxygens (including phenoxy) is 1. The molecular weight excluding hydrogens is 397 g/mol. The third-order valence-electron chi connectivity index (χ3n) is 3.89. The normalized spacial score (nSPS) is 17.1. The lowest BCUT2D eigenvalue weighted by Crippen LogP contribution is -2.16. The third-order valence-corrected chi connectivity index (χ3v) is 5.25. The monoisotopic (exact) mass is 411 g/mol. The highest BCUT2D eigenvalue weighted by Gasteiger charge is 2.39. The zero-order chi connectivity index (χ0) is 19.8. The predicted molar refractivity (Wildman–Crippen MR) is 96.3 cm³/mol. The molecule has 142 valence electrons. The van der Waals surface area contributed by atoms with Gasteiger partial charge in [0.1, 0.15) is 11.6 Å². The maximum atomic E-state index is 13.6. The van der Waals surface area contributed by atoms with Crippen LogP contribution in [-0.4, -0.2) is 14.2 Å². The number of halogens is 2. The number of rotatable bonds is 5. The Labute approximate surface area is 160 Å². The van der Waals surface area contributed by atoms with Crippen LogP contribution in [-0.2, 0) is 29.6 Å². The Morgan fingerprint density at radius 2 is 1.89 bits per heavy atom. The van der Waals surface area contributed by atoms with E-state index in [0.29, 0.717) is 16.1 Å². The summed E-state index contributed by atoms with van der Waals surface area (Å²) < 4.78 is 48.3. The minimum atomic E-state index is -4.25. The molecule has 0 radical (unpaired) electrons. The fraction of sp³-hybridized carbons (Fsp3) is 0.167. The van der Waals surface area contributed by atoms with Gasteiger partial charge in [0.25, 0.3) is 0 Å². The van der Waals surface area contributed by atoms with E-state index in [-0.39, 0.29) is 5.56 Å². The molecule has 0 saturated carbocycles. The molecule has 2 N–H and O–H groups in total. The Morgan fingerprint density at radius 1 is 1.22 bits per heavy atom. The molecule has 0 aliphatic carbocycles. The molecule has 0 fully saturated rings. The molecule has 1 atom stereocenters. The zero-order valence-electron chi connectivity index (χ0n) is 14.1. The smallest absolute Gasteiger partial charge is 0.313 e. The summed E-state index contributed by atoms with van der Waals surface area (Å²) >= 11 is 5.81. The molecular formula is C18H15ClFNO5S. The van der Waals surface area contributed by atoms with Crippen LogP contribution >= 0.6 is 11.6 Å². The second-order valence-electron chi connectivity index (χ2n) is 5.98. The van der Waals surface area contributed by atoms with Crippen molar-refractivity contribution in [3.05, 3.63) is 81.6 Å². The first kappa shape index (κ1) is 19.2. The minimum absolute atomic E-state index is 0.179. The number of Topliss-reactive ketones (excluding diaryl/α,β-unsaturated/α-hetero) is 1. The average Bonchev–Trinajstić information content (AvgIpc) is 2.86. The third kappa shape index (κ3) is 4.23. The van der Waals surface area contributed by atoms with E-state index in [2.05, 4.69) is 0 Å². The lowest BCUT2D eigenvalue weighted by molar-refractivity contribution is -0.123. The molecule has 27 heavy (non-hydrogen) atoms. The highest BCUT2D eigenvalue weighted by molar-refractivity contribution is 7.86. The van der Waals surface area contributed by atoms with Crippen molar-refractivity contribution in [2.75, 3.05) is 0 Å². The van der Waals surface area contributed by atoms with Crippen molar-refractivity contribution >= 4 is 27.5 Å². The largest absolute Gasteiger partial charge is 0.460 e. The van der Waals surface area contributed by atoms with Crippen LogP contribution < -0.4 is 5.73 Å². The van der Waals surface area contributed by atoms with Crippen molar-refractivity contribution in [3.8, 4) is 0 Å². The Bertz CT molecular complexity index is 1030. The quantitative estimate of drug-likeness (QED) is 0.759. The number of carbonyl (C=O) groups excluding carboxylic acids is 1. The summed E-state index contributed by atoms with van der Waals surface area (Å²) in [5, 5.41) is 0.467. The van der Waals surface area contributed by atoms with Crippen molar-refractivity contribution in [1.82, 2.24) is 0 Å². The van der Waals surface area contributed by atoms with E-state index in [0.717, 1.165) is 6.07 Å². The second kappa shape index (κ2) is 7.21. The standard InChI is InChI=1S/C18H15ClFNO5S/c1-10-2-3-11(8-14(10)20)9-27(23,24)26-17-15(22)16(25-18(17)21)12-4-6-13(19)7-5-12/h2-8,16H,9,21H2,1H3. The Kier molecular flexibility index (Phi) is 5.12. The van der Waals surface area contributed by atoms with Crippen molar-refractivity contribution < 1.29 is 26.5 Å². The summed E-state index contributed by atoms with van der Waals surface area (Å²) in [7, 11) is -4.25. The van der Waals surface area contributed by atoms with Crippen LogP contribution in [0.4, 0.5) is 4.39 Å². The van der Waals surface area contributed by atoms with Gasteiger partial charge in [0.2, 0.25) is 17.4 Å². The summed E-state index contributed by atoms with van der Waals surface area (Å²) in [6, 6.07) is 10.2. The van der Waals surface area contributed by atoms with Crippen LogP contribution in [0.25, 0.3) is 0 Å². The lowest BCUT2D eigenvalue weighted by atomic mass is 10.1. The molecule has 6 nitrogen and oxygen atoms in total. The molecule has 0 aromatic heterocycles. The van der Waals surface area contributed by atoms with Gasteiger partial charge in [-0.05, 0) is 36.2 Å². The fourth-order valence-electron chi connectivity index (χ4n) is 2.50. The molecule has 0 saturated heterocycles. The number of hydrogen-bond acceptors (Lipinski definition) is 6. The first-order chi connectivity index (χ1) is 12.7. The zero-order valence-corrected chi connectivity index (χ0v) is 15.7. The van der Waals surface area contributed by atoms with Crippen LogP contribution in [0.5, 0.6) is 0 Å². The van der Waals surface area contributed by atoms with Crippen LogP contribution in [0, 0.1) is 12.7 Å². The van der Waals surface area contributed by atoms with Crippen LogP contribution in [0.2, 0.25) is 5.02 Å². The molecule has 0 bridgehead atoms. The number of hydrogen-bond donors (Lipinski definition) is 1. The van der Waals surface area contributed by atoms with Crippen molar-refractivity contribution in [2.45, 2.75) is 18.8 Å². The van der Waals surface area contributed by atoms with E-state index >= 15 is 0 Å². The van der Waals surface area contributed by atoms with E-state index in [1.54, 1.807) is 31.2 Å². The summed E-state index contributed by atoms with van der Waals surface area (Å²) in [4.78, 5) is 12.5. The van der Waals surface area contributed by atoms with Gasteiger partial charge in [-0.25, -0.2) is 4.39 Å². The minimum Gasteiger partial charge on any atom is -0.460 e. The summed E-state index contributed by atoms with van der Waals surface area (Å²) in [5.74, 6) is -2.92. The number of nitrogens with two attached hydrogens (primary N) is 1. The van der Waals surface area contributed by atoms with Crippen LogP contribution in [0.15, 0.2) is 54.1 Å². The molecule has 1 unspecified atom stereocenters. The van der Waals surface area contributed by atoms with E-state index in [4.69, 9.17) is 26.3 Å². The van der Waals surface area contributed by atoms with E-state index in [1.807, 2.05) is 0 Å². The van der Waals surface area contributed by atoms with Gasteiger partial charge in [-0.15, -0.1) is 0 Å². The van der Waals surface area contributed by atoms with Crippen molar-refractivity contribution in [1.29, 1.82) is 0 Å². The van der Waals surface area contributed by atoms with Crippen LogP contribution in [0.3, 0.4) is 0 Å². The van der Waals surface area contributed by atoms with Gasteiger partial charge in [0.15, 0.2) is 6.10 Å². The lowest BCUT2D eigenvalue weighted by Gasteiger charge is -2.10. The first-order valence-corrected chi connectivity index (χ1v) is 9.75. The van der Waals surface area contributed by atoms with Crippen molar-refractivity contribution in [3.63, 3.8) is 0 Å². The maximum absolute atomic E-state index is 13.6. The molecule has 3 rings (SSSR count). The summed E-state index contributed by atoms with van der Waals surface area (Å²) in [6.45, 7) is 1.56. The van der Waals surface area contributed by atoms with E-state index in [9.17, 15) is 17.6 Å². The molecule has 1 heterocycles. The van der Waals surface area contributed by atoms with Gasteiger partial charge in [-0.2, -0.15) is 8.42 Å². The first-order valence-electron chi connectivity index (χ1n) is 7.79. The molecule has 0 amide bonds. The second-order valence-corrected chi connectivity index (χ2v) is 7.98. The molecule has 2 aromatic carbocycles. The highest BCUT2D eigenvalue weighted by atomic mass is 35.5. The molecule has 2 aromatic rings. The average molecular weight is 412 g/mol. The fourth-order valence-corrected chi connectivity index (χ4v) is 3.69. The number of benzene rings is 2. The van der Waals surface area contributed by atoms with Gasteiger partial charge >= 0.3 is 10.1 Å². The summed E-state index contributed by atoms with van der Waals surface area (Å²) in [5.41, 5.74) is 6.64. The van der Waals surface area contributed by atoms with Crippen LogP contribution in [0.1, 0.15) is 22.8 Å². The Hall–Kier alpha value is -2.58. The maximum Gasteiger partial charge on any atom is 0.313 e. The van der Waals surface area contributed by atoms with E-state index in [1.165, 1.54) is 12.1 Å². The molecule has 1 aliphatic heterocycles. The number of carbonyl (C=O) groups is 1. The topological polar surface area (TPSA) is 95.7 Å². The molecule has 0 spiro atoms.